The van der Waals surface area contributed by atoms with Gasteiger partial charge in [0.2, 0.25) is 0 Å². The molecular weight excluding hydrogens is 260 g/mol. The van der Waals surface area contributed by atoms with Gasteiger partial charge < -0.3 is 5.11 Å². The predicted molar refractivity (Wildman–Crippen MR) is 75.3 cm³/mol. The van der Waals surface area contributed by atoms with E-state index in [0.717, 1.165) is 5.56 Å². The summed E-state index contributed by atoms with van der Waals surface area (Å²) in [4.78, 5) is 12.0. The number of benzene rings is 1. The first kappa shape index (κ1) is 14.2. The maximum atomic E-state index is 12.3. The molecule has 1 aliphatic rings. The van der Waals surface area contributed by atoms with Crippen molar-refractivity contribution in [1.82, 2.24) is 0 Å². The van der Waals surface area contributed by atoms with Gasteiger partial charge >= 0.3 is 0 Å². The van der Waals surface area contributed by atoms with E-state index >= 15 is 0 Å². The number of ketones is 1. The van der Waals surface area contributed by atoms with Crippen LogP contribution in [0.3, 0.4) is 0 Å². The Balaban J connectivity index is 2.16. The van der Waals surface area contributed by atoms with Crippen molar-refractivity contribution in [2.45, 2.75) is 30.8 Å². The zero-order valence-corrected chi connectivity index (χ0v) is 11.9. The molecule has 4 heteroatoms. The molecule has 1 aliphatic carbocycles. The standard InChI is InChI=1S/C15H18O3S/c1-11-3-5-14(6-4-11)19(18)10-15(17)8-7-13(16)9-12(15)2/h3-8,12,17H,9-10H2,1-2H3/t12-,15-,19?/m0/s1. The molecule has 102 valence electrons. The van der Waals surface area contributed by atoms with E-state index in [0.29, 0.717) is 11.3 Å². The Morgan fingerprint density at radius 1 is 1.37 bits per heavy atom. The van der Waals surface area contributed by atoms with Crippen LogP contribution < -0.4 is 0 Å². The SMILES string of the molecule is Cc1ccc(S(=O)C[C@@]2(O)C=CC(=O)C[C@@H]2C)cc1. The quantitative estimate of drug-likeness (QED) is 0.920. The number of rotatable bonds is 3. The molecule has 0 spiro atoms. The molecule has 1 aromatic rings. The second-order valence-corrected chi connectivity index (χ2v) is 6.65. The number of carbonyl (C=O) groups excluding carboxylic acids is 1. The van der Waals surface area contributed by atoms with Crippen LogP contribution in [0.1, 0.15) is 18.9 Å². The van der Waals surface area contributed by atoms with Gasteiger partial charge in [0.15, 0.2) is 5.78 Å². The van der Waals surface area contributed by atoms with Crippen LogP contribution in [0.4, 0.5) is 0 Å². The Morgan fingerprint density at radius 3 is 2.58 bits per heavy atom. The van der Waals surface area contributed by atoms with Gasteiger partial charge in [0.1, 0.15) is 0 Å². The van der Waals surface area contributed by atoms with E-state index in [4.69, 9.17) is 0 Å². The highest BCUT2D eigenvalue weighted by Crippen LogP contribution is 2.29. The molecule has 0 fully saturated rings. The van der Waals surface area contributed by atoms with Crippen molar-refractivity contribution in [3.05, 3.63) is 42.0 Å². The molecule has 1 aromatic carbocycles. The van der Waals surface area contributed by atoms with Gasteiger partial charge in [-0.05, 0) is 37.1 Å². The summed E-state index contributed by atoms with van der Waals surface area (Å²) in [6.07, 6.45) is 3.19. The Morgan fingerprint density at radius 2 is 2.00 bits per heavy atom. The number of aliphatic hydroxyl groups is 1. The summed E-state index contributed by atoms with van der Waals surface area (Å²) >= 11 is 0. The third kappa shape index (κ3) is 3.19. The molecule has 0 radical (unpaired) electrons. The smallest absolute Gasteiger partial charge is 0.155 e. The Bertz CT molecular complexity index is 533. The van der Waals surface area contributed by atoms with Crippen molar-refractivity contribution in [3.63, 3.8) is 0 Å². The lowest BCUT2D eigenvalue weighted by molar-refractivity contribution is -0.118. The van der Waals surface area contributed by atoms with E-state index in [1.165, 1.54) is 12.2 Å². The fourth-order valence-electron chi connectivity index (χ4n) is 2.12. The minimum atomic E-state index is -1.27. The van der Waals surface area contributed by atoms with Gasteiger partial charge in [-0.25, -0.2) is 0 Å². The van der Waals surface area contributed by atoms with E-state index in [1.54, 1.807) is 0 Å². The minimum absolute atomic E-state index is 0.0123. The first-order valence-electron chi connectivity index (χ1n) is 6.30. The number of hydrogen-bond donors (Lipinski definition) is 1. The first-order valence-corrected chi connectivity index (χ1v) is 7.62. The molecule has 3 nitrogen and oxygen atoms in total. The molecule has 0 aromatic heterocycles. The average molecular weight is 278 g/mol. The topological polar surface area (TPSA) is 54.4 Å². The van der Waals surface area contributed by atoms with Crippen molar-refractivity contribution in [1.29, 1.82) is 0 Å². The summed E-state index contributed by atoms with van der Waals surface area (Å²) in [6.45, 7) is 3.78. The molecule has 19 heavy (non-hydrogen) atoms. The molecular formula is C15H18O3S. The van der Waals surface area contributed by atoms with Crippen LogP contribution in [-0.4, -0.2) is 26.5 Å². The van der Waals surface area contributed by atoms with Gasteiger partial charge in [0.05, 0.1) is 22.2 Å². The van der Waals surface area contributed by atoms with Gasteiger partial charge in [0.25, 0.3) is 0 Å². The second kappa shape index (κ2) is 5.39. The third-order valence-electron chi connectivity index (χ3n) is 3.56. The highest BCUT2D eigenvalue weighted by molar-refractivity contribution is 7.85. The summed E-state index contributed by atoms with van der Waals surface area (Å²) < 4.78 is 12.3. The number of aryl methyl sites for hydroxylation is 1. The molecule has 0 amide bonds. The van der Waals surface area contributed by atoms with Gasteiger partial charge in [-0.15, -0.1) is 0 Å². The van der Waals surface area contributed by atoms with Gasteiger partial charge in [0, 0.05) is 11.3 Å². The zero-order valence-electron chi connectivity index (χ0n) is 11.1. The summed E-state index contributed by atoms with van der Waals surface area (Å²) in [5.41, 5.74) is -0.0556. The molecule has 0 aliphatic heterocycles. The van der Waals surface area contributed by atoms with Crippen LogP contribution in [0.2, 0.25) is 0 Å². The number of hydrogen-bond acceptors (Lipinski definition) is 3. The fourth-order valence-corrected chi connectivity index (χ4v) is 3.53. The summed E-state index contributed by atoms with van der Waals surface area (Å²) in [5, 5.41) is 10.5. The van der Waals surface area contributed by atoms with Crippen LogP contribution >= 0.6 is 0 Å². The van der Waals surface area contributed by atoms with Crippen molar-refractivity contribution in [2.75, 3.05) is 5.75 Å². The molecule has 0 heterocycles. The van der Waals surface area contributed by atoms with E-state index in [9.17, 15) is 14.1 Å². The first-order chi connectivity index (χ1) is 8.90. The highest BCUT2D eigenvalue weighted by atomic mass is 32.2. The third-order valence-corrected chi connectivity index (χ3v) is 5.09. The summed E-state index contributed by atoms with van der Waals surface area (Å²) in [5.74, 6) is -0.0706. The van der Waals surface area contributed by atoms with Crippen LogP contribution in [-0.2, 0) is 15.6 Å². The molecule has 2 rings (SSSR count). The van der Waals surface area contributed by atoms with Crippen molar-refractivity contribution in [3.8, 4) is 0 Å². The predicted octanol–water partition coefficient (Wildman–Crippen LogP) is 2.00. The molecule has 3 atom stereocenters. The maximum Gasteiger partial charge on any atom is 0.155 e. The van der Waals surface area contributed by atoms with Gasteiger partial charge in [-0.1, -0.05) is 24.6 Å². The van der Waals surface area contributed by atoms with Crippen molar-refractivity contribution >= 4 is 16.6 Å². The second-order valence-electron chi connectivity index (χ2n) is 5.20. The van der Waals surface area contributed by atoms with E-state index in [-0.39, 0.29) is 17.5 Å². The van der Waals surface area contributed by atoms with Gasteiger partial charge in [-0.2, -0.15) is 0 Å². The Kier molecular flexibility index (Phi) is 4.02. The van der Waals surface area contributed by atoms with Crippen molar-refractivity contribution < 1.29 is 14.1 Å². The van der Waals surface area contributed by atoms with Crippen LogP contribution in [0.5, 0.6) is 0 Å². The van der Waals surface area contributed by atoms with E-state index in [2.05, 4.69) is 0 Å². The molecule has 1 unspecified atom stereocenters. The van der Waals surface area contributed by atoms with Crippen LogP contribution in [0, 0.1) is 12.8 Å². The molecule has 1 N–H and O–H groups in total. The van der Waals surface area contributed by atoms with E-state index in [1.807, 2.05) is 38.1 Å². The fraction of sp³-hybridized carbons (Fsp3) is 0.400. The number of allylic oxidation sites excluding steroid dienone is 1. The Labute approximate surface area is 115 Å². The van der Waals surface area contributed by atoms with Gasteiger partial charge in [-0.3, -0.25) is 9.00 Å². The lowest BCUT2D eigenvalue weighted by atomic mass is 9.82. The minimum Gasteiger partial charge on any atom is -0.385 e. The summed E-state index contributed by atoms with van der Waals surface area (Å²) in [6, 6.07) is 7.44. The molecule has 0 bridgehead atoms. The van der Waals surface area contributed by atoms with Crippen molar-refractivity contribution in [2.24, 2.45) is 5.92 Å². The van der Waals surface area contributed by atoms with E-state index < -0.39 is 16.4 Å². The number of carbonyl (C=O) groups is 1. The summed E-state index contributed by atoms with van der Waals surface area (Å²) in [7, 11) is -1.27. The molecule has 0 saturated carbocycles. The normalized spacial score (nSPS) is 28.4. The lowest BCUT2D eigenvalue weighted by Crippen LogP contribution is -2.43. The average Bonchev–Trinajstić information content (AvgIpc) is 2.35. The van der Waals surface area contributed by atoms with Crippen LogP contribution in [0.25, 0.3) is 0 Å². The Hall–Kier alpha value is -1.26. The monoisotopic (exact) mass is 278 g/mol. The highest BCUT2D eigenvalue weighted by Gasteiger charge is 2.37. The largest absolute Gasteiger partial charge is 0.385 e. The van der Waals surface area contributed by atoms with Crippen LogP contribution in [0.15, 0.2) is 41.3 Å². The maximum absolute atomic E-state index is 12.3. The lowest BCUT2D eigenvalue weighted by Gasteiger charge is -2.33. The zero-order chi connectivity index (χ0) is 14.0. The molecule has 0 saturated heterocycles.